The molecular weight excluding hydrogens is 693 g/mol. The van der Waals surface area contributed by atoms with Crippen LogP contribution >= 0.6 is 11.8 Å². The summed E-state index contributed by atoms with van der Waals surface area (Å²) in [5, 5.41) is 6.17. The van der Waals surface area contributed by atoms with Gasteiger partial charge in [-0.25, -0.2) is 4.99 Å². The van der Waals surface area contributed by atoms with Gasteiger partial charge in [0.05, 0.1) is 11.4 Å². The maximum atomic E-state index is 5.54. The highest BCUT2D eigenvalue weighted by Gasteiger charge is 2.33. The molecule has 270 valence electrons. The van der Waals surface area contributed by atoms with Crippen molar-refractivity contribution < 1.29 is 0 Å². The van der Waals surface area contributed by atoms with Crippen molar-refractivity contribution in [2.75, 3.05) is 9.80 Å². The lowest BCUT2D eigenvalue weighted by Gasteiger charge is -2.38. The smallest absolute Gasteiger partial charge is 0.236 e. The quantitative estimate of drug-likeness (QED) is 0.180. The average Bonchev–Trinajstić information content (AvgIpc) is 3.23. The number of aromatic nitrogens is 1. The molecule has 1 unspecified atom stereocenters. The first-order valence-electron chi connectivity index (χ1n) is 19.1. The molecular formula is C48H42N6S. The second-order valence-electron chi connectivity index (χ2n) is 14.3. The number of nitrogens with one attached hydrogen (secondary N) is 1. The molecule has 0 fully saturated rings. The standard InChI is InChI=1S/C48H42N6S/c1-4-13-38-31-53(44-28-26-35-15-6-9-20-40(35)45(44)55-38)47-50-46(33(3)24-23-32(2)37-18-12-29-49-30-37)51-48(52-47)54-42-22-10-7-16-36(42)17-11-21-41-39-19-8-5-14-34(39)25-27-43(41)54/h4-7,9,12-16,18,20,25-31,47H,2-3,8,11,17,19,21,23-24H2,1H3,(H,50,51,52)/b13-4-. The van der Waals surface area contributed by atoms with Crippen molar-refractivity contribution in [1.29, 1.82) is 0 Å². The Labute approximate surface area is 328 Å². The van der Waals surface area contributed by atoms with Crippen LogP contribution in [0.4, 0.5) is 17.1 Å². The van der Waals surface area contributed by atoms with Gasteiger partial charge >= 0.3 is 0 Å². The summed E-state index contributed by atoms with van der Waals surface area (Å²) in [7, 11) is 0. The number of aryl methyl sites for hydroxylation is 1. The van der Waals surface area contributed by atoms with E-state index in [1.165, 1.54) is 37.9 Å². The summed E-state index contributed by atoms with van der Waals surface area (Å²) >= 11 is 1.79. The van der Waals surface area contributed by atoms with Gasteiger partial charge < -0.3 is 10.2 Å². The average molecular weight is 735 g/mol. The molecule has 0 saturated heterocycles. The number of aliphatic imine (C=N–C) groups is 2. The number of hydrogen-bond donors (Lipinski definition) is 1. The second kappa shape index (κ2) is 15.0. The molecule has 7 heteroatoms. The van der Waals surface area contributed by atoms with E-state index < -0.39 is 6.29 Å². The lowest BCUT2D eigenvalue weighted by Crippen LogP contribution is -2.50. The molecule has 1 atom stereocenters. The van der Waals surface area contributed by atoms with Gasteiger partial charge in [0.2, 0.25) is 12.2 Å². The zero-order valence-corrected chi connectivity index (χ0v) is 31.9. The molecule has 6 nitrogen and oxygen atoms in total. The van der Waals surface area contributed by atoms with E-state index in [1.807, 2.05) is 18.3 Å². The molecule has 0 saturated carbocycles. The van der Waals surface area contributed by atoms with Crippen LogP contribution in [0.2, 0.25) is 0 Å². The van der Waals surface area contributed by atoms with Crippen molar-refractivity contribution in [1.82, 2.24) is 10.3 Å². The van der Waals surface area contributed by atoms with Crippen molar-refractivity contribution in [2.24, 2.45) is 9.98 Å². The first-order chi connectivity index (χ1) is 27.1. The van der Waals surface area contributed by atoms with Crippen molar-refractivity contribution in [2.45, 2.75) is 63.1 Å². The highest BCUT2D eigenvalue weighted by molar-refractivity contribution is 8.03. The van der Waals surface area contributed by atoms with Crippen LogP contribution in [0.5, 0.6) is 0 Å². The fourth-order valence-electron chi connectivity index (χ4n) is 7.99. The van der Waals surface area contributed by atoms with Gasteiger partial charge in [0.25, 0.3) is 0 Å². The highest BCUT2D eigenvalue weighted by Crippen LogP contribution is 2.46. The fourth-order valence-corrected chi connectivity index (χ4v) is 9.17. The first kappa shape index (κ1) is 34.7. The number of thioether (sulfide) groups is 1. The van der Waals surface area contributed by atoms with Crippen molar-refractivity contribution in [3.8, 4) is 0 Å². The molecule has 4 heterocycles. The minimum absolute atomic E-state index is 0.521. The first-order valence-corrected chi connectivity index (χ1v) is 19.9. The molecule has 0 radical (unpaired) electrons. The Morgan fingerprint density at radius 1 is 0.964 bits per heavy atom. The number of hydrogen-bond acceptors (Lipinski definition) is 7. The Kier molecular flexibility index (Phi) is 9.43. The summed E-state index contributed by atoms with van der Waals surface area (Å²) in [5.41, 5.74) is 11.4. The number of anilines is 3. The lowest BCUT2D eigenvalue weighted by atomic mass is 9.87. The maximum absolute atomic E-state index is 5.54. The second-order valence-corrected chi connectivity index (χ2v) is 15.4. The zero-order chi connectivity index (χ0) is 37.3. The molecule has 0 spiro atoms. The van der Waals surface area contributed by atoms with Gasteiger partial charge in [-0.15, -0.1) is 0 Å². The van der Waals surface area contributed by atoms with E-state index in [0.717, 1.165) is 77.2 Å². The predicted molar refractivity (Wildman–Crippen MR) is 231 cm³/mol. The van der Waals surface area contributed by atoms with Crippen LogP contribution in [0.3, 0.4) is 0 Å². The Morgan fingerprint density at radius 2 is 1.85 bits per heavy atom. The Bertz CT molecular complexity index is 2490. The largest absolute Gasteiger partial charge is 0.331 e. The van der Waals surface area contributed by atoms with Gasteiger partial charge in [-0.05, 0) is 138 Å². The normalized spacial score (nSPS) is 17.3. The third kappa shape index (κ3) is 6.68. The number of pyridine rings is 1. The Balaban J connectivity index is 1.20. The van der Waals surface area contributed by atoms with Crippen LogP contribution in [-0.4, -0.2) is 23.1 Å². The predicted octanol–water partition coefficient (Wildman–Crippen LogP) is 11.1. The molecule has 4 aliphatic rings. The van der Waals surface area contributed by atoms with E-state index in [2.05, 4.69) is 143 Å². The molecule has 1 N–H and O–H groups in total. The third-order valence-electron chi connectivity index (χ3n) is 10.8. The van der Waals surface area contributed by atoms with Crippen molar-refractivity contribution in [3.63, 3.8) is 0 Å². The van der Waals surface area contributed by atoms with Crippen LogP contribution in [0, 0.1) is 12.1 Å². The molecule has 0 amide bonds. The topological polar surface area (TPSA) is 56.1 Å². The van der Waals surface area contributed by atoms with Crippen molar-refractivity contribution >= 4 is 63.0 Å². The molecule has 9 rings (SSSR count). The number of guanidine groups is 1. The number of benzene rings is 3. The summed E-state index contributed by atoms with van der Waals surface area (Å²) in [6.07, 6.45) is 20.6. The van der Waals surface area contributed by atoms with E-state index in [-0.39, 0.29) is 0 Å². The number of allylic oxidation sites excluding steroid dienone is 4. The molecule has 4 aromatic carbocycles. The summed E-state index contributed by atoms with van der Waals surface area (Å²) in [6.45, 7) is 11.1. The van der Waals surface area contributed by atoms with Crippen LogP contribution in [-0.2, 0) is 19.3 Å². The number of fused-ring (bicyclic) bond motifs is 7. The highest BCUT2D eigenvalue weighted by atomic mass is 32.2. The van der Waals surface area contributed by atoms with Crippen LogP contribution in [0.15, 0.2) is 148 Å². The van der Waals surface area contributed by atoms with Gasteiger partial charge in [-0.3, -0.25) is 9.88 Å². The SMILES string of the molecule is C=C(CCC(=C)c1cccnc1)C1=NC(N2c3c#cccc3CCCc3c2ccc2c3CCC=C2)=NC(N2C=C(/C=C\C)Sc3c2ccc2ccccc32)N1. The summed E-state index contributed by atoms with van der Waals surface area (Å²) in [4.78, 5) is 22.1. The minimum atomic E-state index is -0.521. The van der Waals surface area contributed by atoms with Gasteiger partial charge in [0.15, 0.2) is 0 Å². The maximum Gasteiger partial charge on any atom is 0.236 e. The number of nitrogens with zero attached hydrogens (tertiary/aromatic N) is 5. The molecule has 0 bridgehead atoms. The Morgan fingerprint density at radius 3 is 2.75 bits per heavy atom. The van der Waals surface area contributed by atoms with Crippen LogP contribution in [0.25, 0.3) is 22.4 Å². The van der Waals surface area contributed by atoms with E-state index in [1.54, 1.807) is 18.0 Å². The summed E-state index contributed by atoms with van der Waals surface area (Å²) in [6, 6.07) is 32.5. The molecule has 1 aliphatic carbocycles. The monoisotopic (exact) mass is 734 g/mol. The van der Waals surface area contributed by atoms with E-state index in [0.29, 0.717) is 18.2 Å². The van der Waals surface area contributed by atoms with E-state index in [9.17, 15) is 0 Å². The van der Waals surface area contributed by atoms with E-state index >= 15 is 0 Å². The Hall–Kier alpha value is -6.10. The fraction of sp³-hybridized carbons (Fsp3) is 0.188. The van der Waals surface area contributed by atoms with E-state index in [4.69, 9.17) is 9.98 Å². The van der Waals surface area contributed by atoms with Crippen molar-refractivity contribution in [3.05, 3.63) is 173 Å². The number of amidine groups is 1. The molecule has 3 aliphatic heterocycles. The zero-order valence-electron chi connectivity index (χ0n) is 31.1. The number of rotatable bonds is 7. The van der Waals surface area contributed by atoms with Gasteiger partial charge in [-0.2, -0.15) is 4.99 Å². The minimum Gasteiger partial charge on any atom is -0.331 e. The third-order valence-corrected chi connectivity index (χ3v) is 11.9. The van der Waals surface area contributed by atoms with Gasteiger partial charge in [0.1, 0.15) is 11.5 Å². The molecule has 55 heavy (non-hydrogen) atoms. The van der Waals surface area contributed by atoms with Crippen LogP contribution in [0.1, 0.15) is 60.4 Å². The van der Waals surface area contributed by atoms with Gasteiger partial charge in [-0.1, -0.05) is 97.8 Å². The lowest BCUT2D eigenvalue weighted by molar-refractivity contribution is 0.624. The molecule has 1 aromatic heterocycles. The molecule has 5 aromatic rings. The van der Waals surface area contributed by atoms with Crippen LogP contribution < -0.4 is 15.1 Å². The summed E-state index contributed by atoms with van der Waals surface area (Å²) in [5.74, 6) is 1.31. The summed E-state index contributed by atoms with van der Waals surface area (Å²) < 4.78 is 0. The van der Waals surface area contributed by atoms with Gasteiger partial charge in [0, 0.05) is 28.4 Å².